The number of aromatic hydroxyl groups is 1. The Morgan fingerprint density at radius 1 is 1.16 bits per heavy atom. The van der Waals surface area contributed by atoms with E-state index < -0.39 is 5.91 Å². The first-order valence-electron chi connectivity index (χ1n) is 5.54. The molecule has 2 aromatic carbocycles. The topological polar surface area (TPSA) is 61.7 Å². The van der Waals surface area contributed by atoms with Gasteiger partial charge in [-0.2, -0.15) is 5.10 Å². The summed E-state index contributed by atoms with van der Waals surface area (Å²) < 4.78 is 0. The van der Waals surface area contributed by atoms with Crippen molar-refractivity contribution >= 4 is 23.7 Å². The molecule has 5 heteroatoms. The van der Waals surface area contributed by atoms with Crippen molar-refractivity contribution in [3.05, 3.63) is 64.7 Å². The van der Waals surface area contributed by atoms with Crippen molar-refractivity contribution in [2.45, 2.75) is 0 Å². The Bertz CT molecular complexity index is 626. The van der Waals surface area contributed by atoms with Gasteiger partial charge < -0.3 is 5.11 Å². The molecule has 0 spiro atoms. The number of amides is 1. The summed E-state index contributed by atoms with van der Waals surface area (Å²) >= 11 is 5.94. The van der Waals surface area contributed by atoms with Crippen molar-refractivity contribution in [1.82, 2.24) is 5.43 Å². The van der Waals surface area contributed by atoms with E-state index in [-0.39, 0.29) is 11.3 Å². The first-order valence-corrected chi connectivity index (χ1v) is 5.92. The molecule has 0 aromatic heterocycles. The van der Waals surface area contributed by atoms with Gasteiger partial charge in [0, 0.05) is 10.6 Å². The molecule has 0 saturated heterocycles. The van der Waals surface area contributed by atoms with Crippen LogP contribution in [-0.4, -0.2) is 17.2 Å². The molecule has 0 aliphatic carbocycles. The summed E-state index contributed by atoms with van der Waals surface area (Å²) in [6.45, 7) is 0. The molecule has 0 unspecified atom stereocenters. The minimum atomic E-state index is -0.485. The number of hydrogen-bond donors (Lipinski definition) is 2. The van der Waals surface area contributed by atoms with E-state index in [1.165, 1.54) is 18.3 Å². The fourth-order valence-electron chi connectivity index (χ4n) is 1.47. The fourth-order valence-corrected chi connectivity index (χ4v) is 1.65. The van der Waals surface area contributed by atoms with Crippen molar-refractivity contribution in [1.29, 1.82) is 0 Å². The zero-order chi connectivity index (χ0) is 13.7. The van der Waals surface area contributed by atoms with Crippen LogP contribution in [0.25, 0.3) is 0 Å². The molecule has 1 amide bonds. The molecule has 2 aromatic rings. The summed E-state index contributed by atoms with van der Waals surface area (Å²) in [5.74, 6) is -0.575. The Balaban J connectivity index is 2.06. The van der Waals surface area contributed by atoms with Crippen LogP contribution in [0.15, 0.2) is 53.6 Å². The van der Waals surface area contributed by atoms with Crippen LogP contribution in [0.2, 0.25) is 5.02 Å². The zero-order valence-electron chi connectivity index (χ0n) is 9.88. The second kappa shape index (κ2) is 6.02. The summed E-state index contributed by atoms with van der Waals surface area (Å²) in [7, 11) is 0. The molecule has 0 aliphatic rings. The molecule has 0 saturated carbocycles. The minimum absolute atomic E-state index is 0.0899. The lowest BCUT2D eigenvalue weighted by Crippen LogP contribution is -2.17. The van der Waals surface area contributed by atoms with E-state index >= 15 is 0 Å². The minimum Gasteiger partial charge on any atom is -0.507 e. The molecular weight excluding hydrogens is 264 g/mol. The summed E-state index contributed by atoms with van der Waals surface area (Å²) in [5, 5.41) is 13.9. The van der Waals surface area contributed by atoms with E-state index in [9.17, 15) is 9.90 Å². The van der Waals surface area contributed by atoms with E-state index in [2.05, 4.69) is 10.5 Å². The van der Waals surface area contributed by atoms with Crippen LogP contribution < -0.4 is 5.43 Å². The van der Waals surface area contributed by atoms with Gasteiger partial charge in [-0.05, 0) is 18.2 Å². The highest BCUT2D eigenvalue weighted by molar-refractivity contribution is 6.33. The number of phenolic OH excluding ortho intramolecular Hbond substituents is 1. The predicted octanol–water partition coefficient (Wildman–Crippen LogP) is 2.81. The maximum atomic E-state index is 11.7. The molecule has 96 valence electrons. The highest BCUT2D eigenvalue weighted by Crippen LogP contribution is 2.15. The van der Waals surface area contributed by atoms with Gasteiger partial charge in [-0.1, -0.05) is 41.9 Å². The van der Waals surface area contributed by atoms with Crippen LogP contribution in [0.1, 0.15) is 15.9 Å². The number of carbonyl (C=O) groups is 1. The Morgan fingerprint density at radius 2 is 1.84 bits per heavy atom. The average molecular weight is 275 g/mol. The lowest BCUT2D eigenvalue weighted by molar-refractivity contribution is 0.0952. The monoisotopic (exact) mass is 274 g/mol. The standard InChI is InChI=1S/C14H11ClN2O2/c15-12-7-3-1-5-10(12)9-16-17-14(19)11-6-2-4-8-13(11)18/h1-9,18H,(H,17,19)/b16-9+. The zero-order valence-corrected chi connectivity index (χ0v) is 10.6. The maximum absolute atomic E-state index is 11.7. The maximum Gasteiger partial charge on any atom is 0.275 e. The van der Waals surface area contributed by atoms with Crippen LogP contribution >= 0.6 is 11.6 Å². The van der Waals surface area contributed by atoms with Crippen LogP contribution in [0.3, 0.4) is 0 Å². The van der Waals surface area contributed by atoms with Gasteiger partial charge in [0.1, 0.15) is 5.75 Å². The molecule has 0 fully saturated rings. The van der Waals surface area contributed by atoms with Crippen molar-refractivity contribution in [2.75, 3.05) is 0 Å². The highest BCUT2D eigenvalue weighted by atomic mass is 35.5. The Hall–Kier alpha value is -2.33. The third-order valence-corrected chi connectivity index (χ3v) is 2.77. The van der Waals surface area contributed by atoms with Crippen molar-refractivity contribution in [3.63, 3.8) is 0 Å². The molecular formula is C14H11ClN2O2. The second-order valence-electron chi connectivity index (χ2n) is 3.74. The van der Waals surface area contributed by atoms with E-state index in [1.54, 1.807) is 30.3 Å². The van der Waals surface area contributed by atoms with Crippen molar-refractivity contribution in [2.24, 2.45) is 5.10 Å². The van der Waals surface area contributed by atoms with Gasteiger partial charge in [0.25, 0.3) is 5.91 Å². The molecule has 0 bridgehead atoms. The number of carbonyl (C=O) groups excluding carboxylic acids is 1. The van der Waals surface area contributed by atoms with Gasteiger partial charge in [-0.25, -0.2) is 5.43 Å². The number of rotatable bonds is 3. The summed E-state index contributed by atoms with van der Waals surface area (Å²) in [5.41, 5.74) is 3.19. The van der Waals surface area contributed by atoms with E-state index in [0.717, 1.165) is 0 Å². The van der Waals surface area contributed by atoms with E-state index in [0.29, 0.717) is 10.6 Å². The third kappa shape index (κ3) is 3.33. The summed E-state index contributed by atoms with van der Waals surface area (Å²) in [4.78, 5) is 11.7. The number of halogens is 1. The summed E-state index contributed by atoms with van der Waals surface area (Å²) in [6.07, 6.45) is 1.44. The Morgan fingerprint density at radius 3 is 2.58 bits per heavy atom. The molecule has 2 rings (SSSR count). The number of benzene rings is 2. The van der Waals surface area contributed by atoms with Crippen LogP contribution in [0.5, 0.6) is 5.75 Å². The number of nitrogens with one attached hydrogen (secondary N) is 1. The van der Waals surface area contributed by atoms with Crippen LogP contribution in [0, 0.1) is 0 Å². The molecule has 0 heterocycles. The first kappa shape index (κ1) is 13.1. The average Bonchev–Trinajstić information content (AvgIpc) is 2.41. The summed E-state index contributed by atoms with van der Waals surface area (Å²) in [6, 6.07) is 13.4. The lowest BCUT2D eigenvalue weighted by Gasteiger charge is -2.02. The van der Waals surface area contributed by atoms with Gasteiger partial charge in [-0.15, -0.1) is 0 Å². The highest BCUT2D eigenvalue weighted by Gasteiger charge is 2.08. The lowest BCUT2D eigenvalue weighted by atomic mass is 10.2. The molecule has 0 aliphatic heterocycles. The third-order valence-electron chi connectivity index (χ3n) is 2.42. The molecule has 2 N–H and O–H groups in total. The molecule has 0 atom stereocenters. The number of phenols is 1. The van der Waals surface area contributed by atoms with Gasteiger partial charge in [-0.3, -0.25) is 4.79 Å². The van der Waals surface area contributed by atoms with Crippen LogP contribution in [-0.2, 0) is 0 Å². The smallest absolute Gasteiger partial charge is 0.275 e. The van der Waals surface area contributed by atoms with Gasteiger partial charge >= 0.3 is 0 Å². The van der Waals surface area contributed by atoms with Crippen molar-refractivity contribution in [3.8, 4) is 5.75 Å². The van der Waals surface area contributed by atoms with Gasteiger partial charge in [0.2, 0.25) is 0 Å². The first-order chi connectivity index (χ1) is 9.18. The SMILES string of the molecule is O=C(N/N=C/c1ccccc1Cl)c1ccccc1O. The van der Waals surface area contributed by atoms with E-state index in [4.69, 9.17) is 11.6 Å². The van der Waals surface area contributed by atoms with Crippen molar-refractivity contribution < 1.29 is 9.90 Å². The number of hydrazone groups is 1. The van der Waals surface area contributed by atoms with E-state index in [1.807, 2.05) is 6.07 Å². The fraction of sp³-hybridized carbons (Fsp3) is 0. The van der Waals surface area contributed by atoms with Gasteiger partial charge in [0.05, 0.1) is 11.8 Å². The Labute approximate surface area is 115 Å². The quantitative estimate of drug-likeness (QED) is 0.668. The predicted molar refractivity (Wildman–Crippen MR) is 74.6 cm³/mol. The number of para-hydroxylation sites is 1. The largest absolute Gasteiger partial charge is 0.507 e. The molecule has 19 heavy (non-hydrogen) atoms. The normalized spacial score (nSPS) is 10.6. The molecule has 0 radical (unpaired) electrons. The number of nitrogens with zero attached hydrogens (tertiary/aromatic N) is 1. The number of hydrogen-bond acceptors (Lipinski definition) is 3. The van der Waals surface area contributed by atoms with Crippen LogP contribution in [0.4, 0.5) is 0 Å². The molecule has 4 nitrogen and oxygen atoms in total. The Kier molecular flexibility index (Phi) is 4.15. The second-order valence-corrected chi connectivity index (χ2v) is 4.14. The van der Waals surface area contributed by atoms with Gasteiger partial charge in [0.15, 0.2) is 0 Å².